The Bertz CT molecular complexity index is 1360. The number of primary amides is 1. The van der Waals surface area contributed by atoms with Crippen molar-refractivity contribution in [3.05, 3.63) is 42.5 Å². The SMILES string of the molecule is COc1cccc(-c2nc(S(=O)(=O)c3ccc4c(c3)OCCO4)c(N3CCC(C(N)=O)CC3)o2)c1. The smallest absolute Gasteiger partial charge is 0.236 e. The lowest BCUT2D eigenvalue weighted by atomic mass is 9.96. The van der Waals surface area contributed by atoms with E-state index in [-0.39, 0.29) is 33.5 Å². The first kappa shape index (κ1) is 23.0. The average molecular weight is 500 g/mol. The second-order valence-electron chi connectivity index (χ2n) is 8.33. The third-order valence-corrected chi connectivity index (χ3v) is 7.81. The molecule has 2 N–H and O–H groups in total. The van der Waals surface area contributed by atoms with Crippen LogP contribution in [0, 0.1) is 5.92 Å². The number of ether oxygens (including phenoxy) is 3. The summed E-state index contributed by atoms with van der Waals surface area (Å²) in [5, 5.41) is -0.204. The first-order valence-electron chi connectivity index (χ1n) is 11.2. The van der Waals surface area contributed by atoms with Gasteiger partial charge in [0.15, 0.2) is 11.5 Å². The highest BCUT2D eigenvalue weighted by atomic mass is 32.2. The number of carbonyl (C=O) groups excluding carboxylic acids is 1. The zero-order valence-electron chi connectivity index (χ0n) is 19.1. The molecule has 1 saturated heterocycles. The van der Waals surface area contributed by atoms with E-state index < -0.39 is 9.84 Å². The summed E-state index contributed by atoms with van der Waals surface area (Å²) >= 11 is 0. The van der Waals surface area contributed by atoms with Crippen LogP contribution < -0.4 is 24.8 Å². The van der Waals surface area contributed by atoms with Crippen molar-refractivity contribution in [2.45, 2.75) is 22.8 Å². The van der Waals surface area contributed by atoms with Gasteiger partial charge in [-0.1, -0.05) is 6.07 Å². The molecule has 1 amide bonds. The summed E-state index contributed by atoms with van der Waals surface area (Å²) in [6.07, 6.45) is 0.988. The van der Waals surface area contributed by atoms with Crippen molar-refractivity contribution in [1.29, 1.82) is 0 Å². The summed E-state index contributed by atoms with van der Waals surface area (Å²) in [4.78, 5) is 17.9. The minimum absolute atomic E-state index is 0.0144. The molecule has 5 rings (SSSR count). The average Bonchev–Trinajstić information content (AvgIpc) is 3.35. The van der Waals surface area contributed by atoms with Crippen molar-refractivity contribution >= 4 is 21.6 Å². The predicted octanol–water partition coefficient (Wildman–Crippen LogP) is 2.66. The molecular formula is C24H25N3O7S. The van der Waals surface area contributed by atoms with Crippen LogP contribution in [-0.4, -0.2) is 52.7 Å². The summed E-state index contributed by atoms with van der Waals surface area (Å²) in [6.45, 7) is 1.55. The number of nitrogens with zero attached hydrogens (tertiary/aromatic N) is 2. The molecule has 1 aromatic heterocycles. The van der Waals surface area contributed by atoms with E-state index in [1.807, 2.05) is 0 Å². The van der Waals surface area contributed by atoms with Crippen molar-refractivity contribution < 1.29 is 31.8 Å². The minimum atomic E-state index is -4.09. The zero-order chi connectivity index (χ0) is 24.6. The van der Waals surface area contributed by atoms with Crippen molar-refractivity contribution in [3.8, 4) is 28.7 Å². The van der Waals surface area contributed by atoms with Gasteiger partial charge in [-0.2, -0.15) is 4.98 Å². The van der Waals surface area contributed by atoms with Gasteiger partial charge < -0.3 is 29.3 Å². The standard InChI is InChI=1S/C24H25N3O7S/c1-31-17-4-2-3-16(13-17)22-26-23(24(34-22)27-9-7-15(8-10-27)21(25)28)35(29,30)18-5-6-19-20(14-18)33-12-11-32-19/h2-6,13-15H,7-12H2,1H3,(H2,25,28). The molecule has 35 heavy (non-hydrogen) atoms. The van der Waals surface area contributed by atoms with Crippen LogP contribution in [0.3, 0.4) is 0 Å². The maximum Gasteiger partial charge on any atom is 0.236 e. The molecule has 10 nitrogen and oxygen atoms in total. The van der Waals surface area contributed by atoms with Gasteiger partial charge in [-0.15, -0.1) is 0 Å². The number of carbonyl (C=O) groups is 1. The fourth-order valence-electron chi connectivity index (χ4n) is 4.22. The molecule has 0 saturated carbocycles. The summed E-state index contributed by atoms with van der Waals surface area (Å²) in [5.74, 6) is 1.08. The van der Waals surface area contributed by atoms with Crippen LogP contribution in [0.25, 0.3) is 11.5 Å². The molecule has 0 atom stereocenters. The number of rotatable bonds is 6. The molecule has 0 spiro atoms. The molecule has 0 unspecified atom stereocenters. The van der Waals surface area contributed by atoms with Gasteiger partial charge >= 0.3 is 0 Å². The van der Waals surface area contributed by atoms with E-state index >= 15 is 0 Å². The van der Waals surface area contributed by atoms with Crippen molar-refractivity contribution in [2.75, 3.05) is 38.3 Å². The van der Waals surface area contributed by atoms with E-state index in [1.165, 1.54) is 12.1 Å². The second kappa shape index (κ2) is 9.14. The van der Waals surface area contributed by atoms with Gasteiger partial charge in [-0.3, -0.25) is 4.79 Å². The largest absolute Gasteiger partial charge is 0.497 e. The summed E-state index contributed by atoms with van der Waals surface area (Å²) < 4.78 is 50.0. The Morgan fingerprint density at radius 2 is 1.83 bits per heavy atom. The number of nitrogens with two attached hydrogens (primary N) is 1. The molecule has 3 heterocycles. The number of amides is 1. The summed E-state index contributed by atoms with van der Waals surface area (Å²) in [6, 6.07) is 11.5. The third-order valence-electron chi connectivity index (χ3n) is 6.16. The van der Waals surface area contributed by atoms with E-state index in [4.69, 9.17) is 24.4 Å². The number of methoxy groups -OCH3 is 1. The Balaban J connectivity index is 1.58. The Morgan fingerprint density at radius 3 is 2.54 bits per heavy atom. The molecule has 0 bridgehead atoms. The normalized spacial score (nSPS) is 16.2. The highest BCUT2D eigenvalue weighted by molar-refractivity contribution is 7.91. The molecule has 2 aromatic carbocycles. The van der Waals surface area contributed by atoms with Crippen molar-refractivity contribution in [1.82, 2.24) is 4.98 Å². The predicted molar refractivity (Wildman–Crippen MR) is 126 cm³/mol. The van der Waals surface area contributed by atoms with Gasteiger partial charge in [-0.05, 0) is 43.2 Å². The number of hydrogen-bond acceptors (Lipinski definition) is 9. The van der Waals surface area contributed by atoms with Crippen LogP contribution >= 0.6 is 0 Å². The highest BCUT2D eigenvalue weighted by Gasteiger charge is 2.34. The van der Waals surface area contributed by atoms with Crippen molar-refractivity contribution in [2.24, 2.45) is 11.7 Å². The second-order valence-corrected chi connectivity index (χ2v) is 10.2. The molecule has 2 aliphatic heterocycles. The first-order chi connectivity index (χ1) is 16.9. The van der Waals surface area contributed by atoms with Crippen molar-refractivity contribution in [3.63, 3.8) is 0 Å². The number of sulfone groups is 1. The molecule has 0 aliphatic carbocycles. The number of benzene rings is 2. The van der Waals surface area contributed by atoms with Gasteiger partial charge in [-0.25, -0.2) is 8.42 Å². The molecule has 0 radical (unpaired) electrons. The lowest BCUT2D eigenvalue weighted by Gasteiger charge is -2.30. The highest BCUT2D eigenvalue weighted by Crippen LogP contribution is 2.39. The van der Waals surface area contributed by atoms with Crippen LogP contribution in [0.2, 0.25) is 0 Å². The number of oxazole rings is 1. The lowest BCUT2D eigenvalue weighted by molar-refractivity contribution is -0.122. The maximum absolute atomic E-state index is 13.8. The number of fused-ring (bicyclic) bond motifs is 1. The molecule has 11 heteroatoms. The van der Waals surface area contributed by atoms with Crippen LogP contribution in [0.15, 0.2) is 56.8 Å². The zero-order valence-corrected chi connectivity index (χ0v) is 19.9. The Morgan fingerprint density at radius 1 is 1.09 bits per heavy atom. The van der Waals surface area contributed by atoms with E-state index in [2.05, 4.69) is 4.98 Å². The van der Waals surface area contributed by atoms with Crippen LogP contribution in [0.4, 0.5) is 5.88 Å². The van der Waals surface area contributed by atoms with E-state index in [0.29, 0.717) is 62.0 Å². The first-order valence-corrected chi connectivity index (χ1v) is 12.7. The van der Waals surface area contributed by atoms with Gasteiger partial charge in [0, 0.05) is 30.6 Å². The van der Waals surface area contributed by atoms with Gasteiger partial charge in [0.05, 0.1) is 12.0 Å². The Hall–Kier alpha value is -3.73. The minimum Gasteiger partial charge on any atom is -0.497 e. The third kappa shape index (κ3) is 4.39. The maximum atomic E-state index is 13.8. The monoisotopic (exact) mass is 499 g/mol. The van der Waals surface area contributed by atoms with E-state index in [1.54, 1.807) is 42.3 Å². The van der Waals surface area contributed by atoms with Gasteiger partial charge in [0.25, 0.3) is 0 Å². The fourth-order valence-corrected chi connectivity index (χ4v) is 5.56. The fraction of sp³-hybridized carbons (Fsp3) is 0.333. The topological polar surface area (TPSA) is 134 Å². The quantitative estimate of drug-likeness (QED) is 0.543. The van der Waals surface area contributed by atoms with Gasteiger partial charge in [0.1, 0.15) is 19.0 Å². The Labute approximate surface area is 202 Å². The molecule has 1 fully saturated rings. The number of piperidine rings is 1. The molecule has 184 valence electrons. The molecule has 2 aliphatic rings. The number of anilines is 1. The summed E-state index contributed by atoms with van der Waals surface area (Å²) in [7, 11) is -2.55. The van der Waals surface area contributed by atoms with Crippen LogP contribution in [-0.2, 0) is 14.6 Å². The molecular weight excluding hydrogens is 474 g/mol. The molecule has 3 aromatic rings. The summed E-state index contributed by atoms with van der Waals surface area (Å²) in [5.41, 5.74) is 6.04. The van der Waals surface area contributed by atoms with Gasteiger partial charge in [0.2, 0.25) is 32.5 Å². The van der Waals surface area contributed by atoms with E-state index in [0.717, 1.165) is 0 Å². The van der Waals surface area contributed by atoms with Crippen LogP contribution in [0.1, 0.15) is 12.8 Å². The van der Waals surface area contributed by atoms with Crippen LogP contribution in [0.5, 0.6) is 17.2 Å². The Kier molecular flexibility index (Phi) is 6.01. The number of aromatic nitrogens is 1. The number of hydrogen-bond donors (Lipinski definition) is 1. The van der Waals surface area contributed by atoms with E-state index in [9.17, 15) is 13.2 Å². The lowest BCUT2D eigenvalue weighted by Crippen LogP contribution is -2.38.